The molecule has 0 bridgehead atoms. The molecule has 0 atom stereocenters. The van der Waals surface area contributed by atoms with Crippen molar-refractivity contribution < 1.29 is 9.90 Å². The zero-order valence-corrected chi connectivity index (χ0v) is 16.4. The molecule has 136 valence electrons. The summed E-state index contributed by atoms with van der Waals surface area (Å²) < 4.78 is 1.77. The Morgan fingerprint density at radius 3 is 2.35 bits per heavy atom. The summed E-state index contributed by atoms with van der Waals surface area (Å²) >= 11 is 12.8. The Labute approximate surface area is 162 Å². The van der Waals surface area contributed by atoms with Gasteiger partial charge in [-0.05, 0) is 44.5 Å². The standard InChI is InChI=1S/C20H20Cl2N2O2/c1-4-23(5-2)18-16-15(11-10-13(21)17(16)22)24(19(18)20(25)26)14-9-7-6-8-12(14)3/h6-11H,4-5H2,1-3H3,(H,25,26). The first kappa shape index (κ1) is 18.6. The third-order valence-electron chi connectivity index (χ3n) is 4.64. The highest BCUT2D eigenvalue weighted by molar-refractivity contribution is 6.46. The number of rotatable bonds is 5. The molecule has 26 heavy (non-hydrogen) atoms. The minimum absolute atomic E-state index is 0.196. The van der Waals surface area contributed by atoms with Crippen LogP contribution in [0.2, 0.25) is 10.0 Å². The molecule has 0 radical (unpaired) electrons. The van der Waals surface area contributed by atoms with Gasteiger partial charge in [0.2, 0.25) is 0 Å². The van der Waals surface area contributed by atoms with Crippen molar-refractivity contribution in [3.8, 4) is 5.69 Å². The molecule has 2 aromatic carbocycles. The molecule has 0 unspecified atom stereocenters. The van der Waals surface area contributed by atoms with E-state index in [2.05, 4.69) is 0 Å². The van der Waals surface area contributed by atoms with Gasteiger partial charge in [-0.15, -0.1) is 0 Å². The maximum Gasteiger partial charge on any atom is 0.355 e. The van der Waals surface area contributed by atoms with E-state index in [1.807, 2.05) is 56.0 Å². The molecule has 4 nitrogen and oxygen atoms in total. The van der Waals surface area contributed by atoms with Crippen molar-refractivity contribution in [2.45, 2.75) is 20.8 Å². The van der Waals surface area contributed by atoms with Crippen molar-refractivity contribution in [1.29, 1.82) is 0 Å². The lowest BCUT2D eigenvalue weighted by Crippen LogP contribution is -2.24. The number of aryl methyl sites for hydroxylation is 1. The van der Waals surface area contributed by atoms with E-state index in [0.29, 0.717) is 34.2 Å². The summed E-state index contributed by atoms with van der Waals surface area (Å²) in [6.07, 6.45) is 0. The number of halogens is 2. The topological polar surface area (TPSA) is 45.5 Å². The van der Waals surface area contributed by atoms with E-state index in [4.69, 9.17) is 23.2 Å². The van der Waals surface area contributed by atoms with Crippen molar-refractivity contribution in [2.75, 3.05) is 18.0 Å². The van der Waals surface area contributed by atoms with Gasteiger partial charge in [0.1, 0.15) is 0 Å². The number of hydrogen-bond donors (Lipinski definition) is 1. The van der Waals surface area contributed by atoms with Gasteiger partial charge < -0.3 is 14.6 Å². The number of aromatic carboxylic acids is 1. The summed E-state index contributed by atoms with van der Waals surface area (Å²) in [6, 6.07) is 11.2. The second-order valence-corrected chi connectivity index (χ2v) is 6.84. The van der Waals surface area contributed by atoms with Gasteiger partial charge in [-0.1, -0.05) is 41.4 Å². The number of carbonyl (C=O) groups is 1. The highest BCUT2D eigenvalue weighted by Crippen LogP contribution is 2.43. The predicted molar refractivity (Wildman–Crippen MR) is 109 cm³/mol. The SMILES string of the molecule is CCN(CC)c1c(C(=O)O)n(-c2ccccc2C)c2ccc(Cl)c(Cl)c12. The third-order valence-corrected chi connectivity index (χ3v) is 5.44. The van der Waals surface area contributed by atoms with Crippen LogP contribution in [-0.2, 0) is 0 Å². The van der Waals surface area contributed by atoms with Gasteiger partial charge >= 0.3 is 5.97 Å². The first-order valence-corrected chi connectivity index (χ1v) is 9.24. The van der Waals surface area contributed by atoms with Crippen LogP contribution in [0.5, 0.6) is 0 Å². The van der Waals surface area contributed by atoms with Crippen LogP contribution in [0.4, 0.5) is 5.69 Å². The fraction of sp³-hybridized carbons (Fsp3) is 0.250. The number of hydrogen-bond acceptors (Lipinski definition) is 2. The van der Waals surface area contributed by atoms with E-state index in [0.717, 1.165) is 16.8 Å². The molecular weight excluding hydrogens is 371 g/mol. The lowest BCUT2D eigenvalue weighted by molar-refractivity contribution is 0.0689. The van der Waals surface area contributed by atoms with E-state index in [1.54, 1.807) is 10.6 Å². The summed E-state index contributed by atoms with van der Waals surface area (Å²) in [5, 5.41) is 11.5. The van der Waals surface area contributed by atoms with Crippen LogP contribution in [0.1, 0.15) is 29.9 Å². The average molecular weight is 391 g/mol. The number of carboxylic acid groups (broad SMARTS) is 1. The number of nitrogens with zero attached hydrogens (tertiary/aromatic N) is 2. The van der Waals surface area contributed by atoms with E-state index < -0.39 is 5.97 Å². The Morgan fingerprint density at radius 2 is 1.77 bits per heavy atom. The van der Waals surface area contributed by atoms with Gasteiger partial charge in [0.05, 0.1) is 21.2 Å². The minimum Gasteiger partial charge on any atom is -0.476 e. The highest BCUT2D eigenvalue weighted by atomic mass is 35.5. The van der Waals surface area contributed by atoms with E-state index in [9.17, 15) is 9.90 Å². The van der Waals surface area contributed by atoms with Gasteiger partial charge in [0, 0.05) is 24.2 Å². The Hall–Kier alpha value is -2.17. The second-order valence-electron chi connectivity index (χ2n) is 6.05. The molecule has 0 spiro atoms. The number of benzene rings is 2. The molecule has 0 aliphatic carbocycles. The summed E-state index contributed by atoms with van der Waals surface area (Å²) in [5.74, 6) is -1.00. The van der Waals surface area contributed by atoms with Crippen LogP contribution < -0.4 is 4.90 Å². The number of fused-ring (bicyclic) bond motifs is 1. The molecule has 1 N–H and O–H groups in total. The number of aromatic nitrogens is 1. The second kappa shape index (κ2) is 7.22. The normalized spacial score (nSPS) is 11.1. The van der Waals surface area contributed by atoms with Crippen LogP contribution in [0.25, 0.3) is 16.6 Å². The Morgan fingerprint density at radius 1 is 1.12 bits per heavy atom. The van der Waals surface area contributed by atoms with Gasteiger partial charge in [-0.3, -0.25) is 0 Å². The van der Waals surface area contributed by atoms with Crippen molar-refractivity contribution in [2.24, 2.45) is 0 Å². The van der Waals surface area contributed by atoms with Crippen LogP contribution in [0.15, 0.2) is 36.4 Å². The molecule has 1 aromatic heterocycles. The molecule has 0 amide bonds. The molecule has 6 heteroatoms. The van der Waals surface area contributed by atoms with Gasteiger partial charge in [0.25, 0.3) is 0 Å². The van der Waals surface area contributed by atoms with Crippen molar-refractivity contribution >= 4 is 45.8 Å². The Kier molecular flexibility index (Phi) is 5.17. The lowest BCUT2D eigenvalue weighted by atomic mass is 10.2. The van der Waals surface area contributed by atoms with Crippen LogP contribution in [-0.4, -0.2) is 28.7 Å². The summed E-state index contributed by atoms with van der Waals surface area (Å²) in [7, 11) is 0. The number of anilines is 1. The molecule has 1 heterocycles. The zero-order valence-electron chi connectivity index (χ0n) is 14.9. The predicted octanol–water partition coefficient (Wildman–Crippen LogP) is 5.79. The van der Waals surface area contributed by atoms with E-state index in [1.165, 1.54) is 0 Å². The lowest BCUT2D eigenvalue weighted by Gasteiger charge is -2.22. The quantitative estimate of drug-likeness (QED) is 0.599. The van der Waals surface area contributed by atoms with Crippen molar-refractivity contribution in [3.05, 3.63) is 57.7 Å². The summed E-state index contributed by atoms with van der Waals surface area (Å²) in [5.41, 5.74) is 3.32. The van der Waals surface area contributed by atoms with Gasteiger partial charge in [0.15, 0.2) is 5.69 Å². The van der Waals surface area contributed by atoms with Crippen LogP contribution in [0.3, 0.4) is 0 Å². The fourth-order valence-electron chi connectivity index (χ4n) is 3.41. The largest absolute Gasteiger partial charge is 0.476 e. The molecule has 3 rings (SSSR count). The average Bonchev–Trinajstić information content (AvgIpc) is 2.95. The first-order valence-electron chi connectivity index (χ1n) is 8.48. The van der Waals surface area contributed by atoms with Crippen molar-refractivity contribution in [1.82, 2.24) is 4.57 Å². The molecule has 0 saturated heterocycles. The Balaban J connectivity index is 2.57. The maximum atomic E-state index is 12.3. The summed E-state index contributed by atoms with van der Waals surface area (Å²) in [4.78, 5) is 14.3. The summed E-state index contributed by atoms with van der Waals surface area (Å²) in [6.45, 7) is 7.26. The monoisotopic (exact) mass is 390 g/mol. The minimum atomic E-state index is -1.00. The number of carboxylic acids is 1. The van der Waals surface area contributed by atoms with Crippen LogP contribution >= 0.6 is 23.2 Å². The van der Waals surface area contributed by atoms with Gasteiger partial charge in [-0.2, -0.15) is 0 Å². The molecule has 0 aliphatic rings. The molecular formula is C20H20Cl2N2O2. The van der Waals surface area contributed by atoms with Gasteiger partial charge in [-0.25, -0.2) is 4.79 Å². The smallest absolute Gasteiger partial charge is 0.355 e. The van der Waals surface area contributed by atoms with E-state index >= 15 is 0 Å². The molecule has 0 aliphatic heterocycles. The third kappa shape index (κ3) is 2.83. The number of para-hydroxylation sites is 1. The fourth-order valence-corrected chi connectivity index (χ4v) is 3.81. The first-order chi connectivity index (χ1) is 12.4. The highest BCUT2D eigenvalue weighted by Gasteiger charge is 2.28. The van der Waals surface area contributed by atoms with Crippen LogP contribution in [0, 0.1) is 6.92 Å². The van der Waals surface area contributed by atoms with Crippen molar-refractivity contribution in [3.63, 3.8) is 0 Å². The zero-order chi connectivity index (χ0) is 19.0. The molecule has 0 saturated carbocycles. The maximum absolute atomic E-state index is 12.3. The Bertz CT molecular complexity index is 991. The van der Waals surface area contributed by atoms with E-state index in [-0.39, 0.29) is 5.69 Å². The molecule has 0 fully saturated rings. The molecule has 3 aromatic rings.